The van der Waals surface area contributed by atoms with Gasteiger partial charge in [0.15, 0.2) is 11.6 Å². The Labute approximate surface area is 127 Å². The first-order valence-corrected chi connectivity index (χ1v) is 6.75. The number of ether oxygens (including phenoxy) is 1. The smallest absolute Gasteiger partial charge is 0.308 e. The van der Waals surface area contributed by atoms with E-state index in [1.807, 2.05) is 0 Å². The number of carbonyl (C=O) groups is 3. The summed E-state index contributed by atoms with van der Waals surface area (Å²) in [5.41, 5.74) is 1.43. The van der Waals surface area contributed by atoms with Crippen molar-refractivity contribution >= 4 is 23.1 Å². The highest BCUT2D eigenvalue weighted by atomic mass is 16.5. The molecule has 0 saturated heterocycles. The third-order valence-corrected chi connectivity index (χ3v) is 3.39. The van der Waals surface area contributed by atoms with Crippen LogP contribution in [0.4, 0.5) is 0 Å². The van der Waals surface area contributed by atoms with Crippen molar-refractivity contribution < 1.29 is 19.1 Å². The molecular weight excluding hydrogens is 280 g/mol. The number of fused-ring (bicyclic) bond motifs is 1. The minimum absolute atomic E-state index is 0.233. The first-order valence-electron chi connectivity index (χ1n) is 6.75. The maximum atomic E-state index is 12.6. The molecule has 108 valence electrons. The van der Waals surface area contributed by atoms with Crippen molar-refractivity contribution in [1.82, 2.24) is 0 Å². The lowest BCUT2D eigenvalue weighted by atomic mass is 9.86. The van der Waals surface area contributed by atoms with Gasteiger partial charge in [-0.1, -0.05) is 42.5 Å². The lowest BCUT2D eigenvalue weighted by Gasteiger charge is -2.17. The highest BCUT2D eigenvalue weighted by Gasteiger charge is 2.27. The highest BCUT2D eigenvalue weighted by molar-refractivity contribution is 6.39. The normalized spacial score (nSPS) is 13.4. The highest BCUT2D eigenvalue weighted by Crippen LogP contribution is 2.32. The molecule has 0 bridgehead atoms. The van der Waals surface area contributed by atoms with Gasteiger partial charge in [0.05, 0.1) is 0 Å². The molecule has 0 radical (unpaired) electrons. The number of benzene rings is 2. The molecule has 2 aromatic carbocycles. The zero-order valence-corrected chi connectivity index (χ0v) is 11.8. The molecule has 3 rings (SSSR count). The number of hydrogen-bond donors (Lipinski definition) is 0. The van der Waals surface area contributed by atoms with Crippen LogP contribution in [0.25, 0.3) is 5.57 Å². The molecule has 0 atom stereocenters. The number of rotatable bonds is 2. The fraction of sp³-hybridized carbons (Fsp3) is 0.0556. The van der Waals surface area contributed by atoms with Crippen LogP contribution in [0.5, 0.6) is 5.75 Å². The van der Waals surface area contributed by atoms with Crippen LogP contribution >= 0.6 is 0 Å². The third kappa shape index (κ3) is 2.35. The molecule has 0 amide bonds. The lowest BCUT2D eigenvalue weighted by Crippen LogP contribution is -2.17. The van der Waals surface area contributed by atoms with Gasteiger partial charge in [-0.2, -0.15) is 0 Å². The number of esters is 1. The molecule has 4 nitrogen and oxygen atoms in total. The van der Waals surface area contributed by atoms with Crippen LogP contribution < -0.4 is 4.74 Å². The zero-order valence-electron chi connectivity index (χ0n) is 11.8. The minimum Gasteiger partial charge on any atom is -0.426 e. The van der Waals surface area contributed by atoms with Crippen molar-refractivity contribution in [2.45, 2.75) is 6.92 Å². The Morgan fingerprint density at radius 2 is 1.45 bits per heavy atom. The van der Waals surface area contributed by atoms with Crippen LogP contribution in [0.15, 0.2) is 54.6 Å². The van der Waals surface area contributed by atoms with E-state index < -0.39 is 5.97 Å². The second-order valence-corrected chi connectivity index (χ2v) is 4.89. The summed E-state index contributed by atoms with van der Waals surface area (Å²) in [5, 5.41) is 0. The molecule has 1 aliphatic carbocycles. The van der Waals surface area contributed by atoms with E-state index in [1.165, 1.54) is 13.0 Å². The molecular formula is C18H12O4. The van der Waals surface area contributed by atoms with Crippen molar-refractivity contribution in [3.05, 3.63) is 71.3 Å². The number of Topliss-reactive ketones (excluding diaryl/α,β-unsaturated/α-hetero) is 1. The first kappa shape index (κ1) is 13.9. The summed E-state index contributed by atoms with van der Waals surface area (Å²) in [6, 6.07) is 13.4. The monoisotopic (exact) mass is 292 g/mol. The Bertz CT molecular complexity index is 830. The maximum Gasteiger partial charge on any atom is 0.308 e. The van der Waals surface area contributed by atoms with Gasteiger partial charge in [-0.25, -0.2) is 0 Å². The summed E-state index contributed by atoms with van der Waals surface area (Å²) in [7, 11) is 0. The number of para-hydroxylation sites is 1. The van der Waals surface area contributed by atoms with Crippen molar-refractivity contribution in [2.24, 2.45) is 0 Å². The quantitative estimate of drug-likeness (QED) is 0.630. The van der Waals surface area contributed by atoms with E-state index in [-0.39, 0.29) is 22.9 Å². The summed E-state index contributed by atoms with van der Waals surface area (Å²) in [4.78, 5) is 36.1. The largest absolute Gasteiger partial charge is 0.426 e. The van der Waals surface area contributed by atoms with E-state index >= 15 is 0 Å². The molecule has 0 saturated carbocycles. The van der Waals surface area contributed by atoms with Gasteiger partial charge in [-0.3, -0.25) is 14.4 Å². The fourth-order valence-electron chi connectivity index (χ4n) is 2.45. The molecule has 1 aliphatic rings. The van der Waals surface area contributed by atoms with Crippen LogP contribution in [-0.4, -0.2) is 17.5 Å². The van der Waals surface area contributed by atoms with Gasteiger partial charge < -0.3 is 4.74 Å². The van der Waals surface area contributed by atoms with E-state index in [4.69, 9.17) is 4.74 Å². The van der Waals surface area contributed by atoms with E-state index in [9.17, 15) is 14.4 Å². The number of carbonyl (C=O) groups excluding carboxylic acids is 3. The van der Waals surface area contributed by atoms with Gasteiger partial charge in [-0.05, 0) is 12.1 Å². The third-order valence-electron chi connectivity index (χ3n) is 3.39. The molecule has 0 fully saturated rings. The van der Waals surface area contributed by atoms with Gasteiger partial charge in [0.1, 0.15) is 5.75 Å². The number of hydrogen-bond acceptors (Lipinski definition) is 4. The molecule has 0 spiro atoms. The van der Waals surface area contributed by atoms with Gasteiger partial charge >= 0.3 is 5.97 Å². The van der Waals surface area contributed by atoms with Crippen molar-refractivity contribution in [2.75, 3.05) is 0 Å². The Morgan fingerprint density at radius 3 is 2.14 bits per heavy atom. The van der Waals surface area contributed by atoms with Gasteiger partial charge in [0.25, 0.3) is 0 Å². The molecule has 0 aromatic heterocycles. The first-order chi connectivity index (χ1) is 10.6. The zero-order chi connectivity index (χ0) is 15.7. The van der Waals surface area contributed by atoms with Gasteiger partial charge in [-0.15, -0.1) is 0 Å². The Morgan fingerprint density at radius 1 is 0.864 bits per heavy atom. The minimum atomic E-state index is -0.483. The topological polar surface area (TPSA) is 60.4 Å². The molecule has 0 unspecified atom stereocenters. The summed E-state index contributed by atoms with van der Waals surface area (Å²) < 4.78 is 5.13. The van der Waals surface area contributed by atoms with E-state index in [0.717, 1.165) is 0 Å². The molecule has 22 heavy (non-hydrogen) atoms. The Balaban J connectivity index is 2.13. The maximum absolute atomic E-state index is 12.6. The van der Waals surface area contributed by atoms with Crippen molar-refractivity contribution in [3.8, 4) is 5.75 Å². The second kappa shape index (κ2) is 5.41. The standard InChI is InChI=1S/C18H12O4/c1-11(19)22-17-9-5-4-7-13(17)15-10-16(20)12-6-2-3-8-14(12)18(15)21/h2-10H,1H3. The SMILES string of the molecule is CC(=O)Oc1ccccc1C1=CC(=O)c2ccccc2C1=O. The summed E-state index contributed by atoms with van der Waals surface area (Å²) in [6.07, 6.45) is 1.30. The fourth-order valence-corrected chi connectivity index (χ4v) is 2.45. The summed E-state index contributed by atoms with van der Waals surface area (Å²) in [6.45, 7) is 1.29. The molecule has 4 heteroatoms. The van der Waals surface area contributed by atoms with Crippen LogP contribution in [-0.2, 0) is 4.79 Å². The van der Waals surface area contributed by atoms with Crippen LogP contribution in [0, 0.1) is 0 Å². The molecule has 0 N–H and O–H groups in total. The van der Waals surface area contributed by atoms with E-state index in [2.05, 4.69) is 0 Å². The lowest BCUT2D eigenvalue weighted by molar-refractivity contribution is -0.131. The van der Waals surface area contributed by atoms with Gasteiger partial charge in [0, 0.05) is 29.2 Å². The predicted molar refractivity (Wildman–Crippen MR) is 80.8 cm³/mol. The molecule has 0 heterocycles. The Hall–Kier alpha value is -3.01. The number of allylic oxidation sites excluding steroid dienone is 2. The summed E-state index contributed by atoms with van der Waals surface area (Å²) >= 11 is 0. The van der Waals surface area contributed by atoms with Crippen LogP contribution in [0.3, 0.4) is 0 Å². The average Bonchev–Trinajstić information content (AvgIpc) is 2.51. The van der Waals surface area contributed by atoms with Crippen LogP contribution in [0.1, 0.15) is 33.2 Å². The second-order valence-electron chi connectivity index (χ2n) is 4.89. The van der Waals surface area contributed by atoms with Crippen molar-refractivity contribution in [1.29, 1.82) is 0 Å². The van der Waals surface area contributed by atoms with Gasteiger partial charge in [0.2, 0.25) is 0 Å². The van der Waals surface area contributed by atoms with E-state index in [0.29, 0.717) is 16.7 Å². The molecule has 0 aliphatic heterocycles. The van der Waals surface area contributed by atoms with Crippen molar-refractivity contribution in [3.63, 3.8) is 0 Å². The predicted octanol–water partition coefficient (Wildman–Crippen LogP) is 3.07. The Kier molecular flexibility index (Phi) is 3.43. The number of ketones is 2. The summed E-state index contributed by atoms with van der Waals surface area (Å²) in [5.74, 6) is -0.706. The average molecular weight is 292 g/mol. The van der Waals surface area contributed by atoms with E-state index in [1.54, 1.807) is 48.5 Å². The van der Waals surface area contributed by atoms with Crippen LogP contribution in [0.2, 0.25) is 0 Å². The molecule has 2 aromatic rings.